The number of anilines is 1. The number of ether oxygens (including phenoxy) is 2. The number of nitrogens with one attached hydrogen (secondary N) is 2. The molecule has 7 nitrogen and oxygen atoms in total. The van der Waals surface area contributed by atoms with E-state index >= 15 is 0 Å². The van der Waals surface area contributed by atoms with Gasteiger partial charge in [0.15, 0.2) is 16.6 Å². The zero-order valence-electron chi connectivity index (χ0n) is 17.1. The normalized spacial score (nSPS) is 11.2. The Bertz CT molecular complexity index is 1170. The second-order valence-corrected chi connectivity index (χ2v) is 6.82. The van der Waals surface area contributed by atoms with E-state index in [1.807, 2.05) is 0 Å². The first-order valence-corrected chi connectivity index (χ1v) is 9.75. The van der Waals surface area contributed by atoms with Crippen molar-refractivity contribution in [1.82, 2.24) is 10.4 Å². The Hall–Kier alpha value is -3.99. The van der Waals surface area contributed by atoms with Gasteiger partial charge in [0.1, 0.15) is 0 Å². The van der Waals surface area contributed by atoms with Crippen molar-refractivity contribution in [3.63, 3.8) is 0 Å². The summed E-state index contributed by atoms with van der Waals surface area (Å²) < 4.78 is 49.8. The molecule has 170 valence electrons. The van der Waals surface area contributed by atoms with Gasteiger partial charge in [-0.1, -0.05) is 12.1 Å². The van der Waals surface area contributed by atoms with E-state index in [-0.39, 0.29) is 27.9 Å². The topological polar surface area (TPSA) is 84.8 Å². The highest BCUT2D eigenvalue weighted by atomic mass is 32.1. The number of nitrogens with zero attached hydrogens (tertiary/aromatic N) is 2. The molecule has 0 saturated carbocycles. The van der Waals surface area contributed by atoms with Gasteiger partial charge in [-0.2, -0.15) is 18.3 Å². The molecule has 0 aliphatic heterocycles. The van der Waals surface area contributed by atoms with Gasteiger partial charge >= 0.3 is 12.1 Å². The number of methoxy groups -OCH3 is 1. The second kappa shape index (κ2) is 10.6. The van der Waals surface area contributed by atoms with Gasteiger partial charge in [-0.05, 0) is 60.2 Å². The molecule has 2 aromatic carbocycles. The average molecular weight is 474 g/mol. The highest BCUT2D eigenvalue weighted by Gasteiger charge is 2.33. The maximum atomic E-state index is 13.1. The fourth-order valence-corrected chi connectivity index (χ4v) is 2.81. The van der Waals surface area contributed by atoms with Gasteiger partial charge in [-0.25, -0.2) is 4.79 Å². The summed E-state index contributed by atoms with van der Waals surface area (Å²) >= 11 is 5.01. The molecule has 0 spiro atoms. The van der Waals surface area contributed by atoms with Gasteiger partial charge in [0.05, 0.1) is 30.1 Å². The molecule has 0 fully saturated rings. The summed E-state index contributed by atoms with van der Waals surface area (Å²) in [5.41, 5.74) is 2.25. The summed E-state index contributed by atoms with van der Waals surface area (Å²) in [7, 11) is 1.41. The van der Waals surface area contributed by atoms with E-state index in [9.17, 15) is 18.0 Å². The van der Waals surface area contributed by atoms with Crippen molar-refractivity contribution in [2.75, 3.05) is 12.4 Å². The minimum Gasteiger partial charge on any atom is -0.493 e. The van der Waals surface area contributed by atoms with Crippen molar-refractivity contribution in [3.05, 3.63) is 83.7 Å². The van der Waals surface area contributed by atoms with E-state index in [0.717, 1.165) is 6.07 Å². The molecule has 0 aliphatic carbocycles. The van der Waals surface area contributed by atoms with Crippen LogP contribution in [0.5, 0.6) is 11.5 Å². The van der Waals surface area contributed by atoms with Crippen molar-refractivity contribution < 1.29 is 27.4 Å². The van der Waals surface area contributed by atoms with Crippen LogP contribution < -0.4 is 20.2 Å². The van der Waals surface area contributed by atoms with Crippen LogP contribution in [0, 0.1) is 0 Å². The molecule has 2 N–H and O–H groups in total. The average Bonchev–Trinajstić information content (AvgIpc) is 2.80. The van der Waals surface area contributed by atoms with E-state index in [4.69, 9.17) is 21.7 Å². The summed E-state index contributed by atoms with van der Waals surface area (Å²) in [5, 5.41) is 6.26. The van der Waals surface area contributed by atoms with Crippen molar-refractivity contribution >= 4 is 35.2 Å². The lowest BCUT2D eigenvalue weighted by Crippen LogP contribution is -2.25. The van der Waals surface area contributed by atoms with E-state index in [2.05, 4.69) is 20.8 Å². The summed E-state index contributed by atoms with van der Waals surface area (Å²) in [4.78, 5) is 16.1. The van der Waals surface area contributed by atoms with Crippen LogP contribution in [0.1, 0.15) is 21.5 Å². The number of esters is 1. The fraction of sp³-hybridized carbons (Fsp3) is 0.0909. The quantitative estimate of drug-likeness (QED) is 0.177. The summed E-state index contributed by atoms with van der Waals surface area (Å²) in [6, 6.07) is 12.8. The highest BCUT2D eigenvalue weighted by molar-refractivity contribution is 7.80. The third-order valence-corrected chi connectivity index (χ3v) is 4.34. The minimum absolute atomic E-state index is 0.128. The van der Waals surface area contributed by atoms with Crippen molar-refractivity contribution in [2.45, 2.75) is 6.18 Å². The molecule has 33 heavy (non-hydrogen) atoms. The Balaban J connectivity index is 1.64. The molecular formula is C22H17F3N4O3S. The molecule has 0 unspecified atom stereocenters. The molecular weight excluding hydrogens is 457 g/mol. The molecule has 3 aromatic rings. The number of carbonyl (C=O) groups excluding carboxylic acids is 1. The summed E-state index contributed by atoms with van der Waals surface area (Å²) in [6.45, 7) is 0. The van der Waals surface area contributed by atoms with Crippen LogP contribution in [0.15, 0.2) is 72.1 Å². The van der Waals surface area contributed by atoms with Crippen molar-refractivity contribution in [1.29, 1.82) is 0 Å². The second-order valence-electron chi connectivity index (χ2n) is 6.41. The predicted molar refractivity (Wildman–Crippen MR) is 121 cm³/mol. The van der Waals surface area contributed by atoms with Gasteiger partial charge in [0, 0.05) is 12.4 Å². The molecule has 0 bridgehead atoms. The van der Waals surface area contributed by atoms with Crippen LogP contribution in [0.4, 0.5) is 18.9 Å². The molecule has 0 atom stereocenters. The molecule has 11 heteroatoms. The van der Waals surface area contributed by atoms with Crippen LogP contribution in [-0.2, 0) is 6.18 Å². The molecule has 3 rings (SSSR count). The number of hydrogen-bond acceptors (Lipinski definition) is 6. The Labute approximate surface area is 192 Å². The van der Waals surface area contributed by atoms with Crippen LogP contribution in [0.25, 0.3) is 0 Å². The van der Waals surface area contributed by atoms with Crippen LogP contribution in [0.3, 0.4) is 0 Å². The maximum Gasteiger partial charge on any atom is 0.418 e. The number of benzene rings is 2. The van der Waals surface area contributed by atoms with E-state index in [0.29, 0.717) is 5.56 Å². The fourth-order valence-electron chi connectivity index (χ4n) is 2.65. The largest absolute Gasteiger partial charge is 0.493 e. The van der Waals surface area contributed by atoms with Gasteiger partial charge < -0.3 is 14.8 Å². The molecule has 0 saturated heterocycles. The Kier molecular flexibility index (Phi) is 7.57. The van der Waals surface area contributed by atoms with Crippen LogP contribution in [-0.4, -0.2) is 29.4 Å². The lowest BCUT2D eigenvalue weighted by atomic mass is 10.2. The smallest absolute Gasteiger partial charge is 0.418 e. The lowest BCUT2D eigenvalue weighted by Gasteiger charge is -2.14. The van der Waals surface area contributed by atoms with Gasteiger partial charge in [-0.3, -0.25) is 10.4 Å². The Morgan fingerprint density at radius 2 is 1.91 bits per heavy atom. The third-order valence-electron chi connectivity index (χ3n) is 4.15. The number of aromatic nitrogens is 1. The standard InChI is InChI=1S/C22H17F3N4O3S/c1-31-19-11-14(8-9-18(19)32-20(30)15-5-4-10-26-13-15)12-27-29-21(33)28-17-7-3-2-6-16(17)22(23,24)25/h2-13H,1H3,(H2,28,29,33). The Morgan fingerprint density at radius 3 is 2.61 bits per heavy atom. The molecule has 1 aromatic heterocycles. The minimum atomic E-state index is -4.53. The molecule has 0 radical (unpaired) electrons. The predicted octanol–water partition coefficient (Wildman–Crippen LogP) is 4.65. The van der Waals surface area contributed by atoms with E-state index in [1.54, 1.807) is 24.3 Å². The number of para-hydroxylation sites is 1. The Morgan fingerprint density at radius 1 is 1.12 bits per heavy atom. The molecule has 1 heterocycles. The summed E-state index contributed by atoms with van der Waals surface area (Å²) in [6.07, 6.45) is -0.235. The first kappa shape index (κ1) is 23.7. The lowest BCUT2D eigenvalue weighted by molar-refractivity contribution is -0.136. The number of thiocarbonyl (C=S) groups is 1. The highest BCUT2D eigenvalue weighted by Crippen LogP contribution is 2.34. The van der Waals surface area contributed by atoms with Gasteiger partial charge in [0.25, 0.3) is 0 Å². The number of carbonyl (C=O) groups is 1. The van der Waals surface area contributed by atoms with Crippen molar-refractivity contribution in [2.24, 2.45) is 5.10 Å². The zero-order chi connectivity index (χ0) is 23.8. The van der Waals surface area contributed by atoms with Crippen LogP contribution in [0.2, 0.25) is 0 Å². The number of rotatable bonds is 6. The van der Waals surface area contributed by atoms with Gasteiger partial charge in [-0.15, -0.1) is 0 Å². The number of pyridine rings is 1. The molecule has 0 aliphatic rings. The van der Waals surface area contributed by atoms with E-state index in [1.165, 1.54) is 50.0 Å². The van der Waals surface area contributed by atoms with E-state index < -0.39 is 17.7 Å². The van der Waals surface area contributed by atoms with Crippen molar-refractivity contribution in [3.8, 4) is 11.5 Å². The third kappa shape index (κ3) is 6.50. The zero-order valence-corrected chi connectivity index (χ0v) is 17.9. The monoisotopic (exact) mass is 474 g/mol. The number of hydrazone groups is 1. The maximum absolute atomic E-state index is 13.1. The molecule has 0 amide bonds. The van der Waals surface area contributed by atoms with Gasteiger partial charge in [0.2, 0.25) is 0 Å². The SMILES string of the molecule is COc1cc(C=NNC(=S)Nc2ccccc2C(F)(F)F)ccc1OC(=O)c1cccnc1. The summed E-state index contributed by atoms with van der Waals surface area (Å²) in [5.74, 6) is -0.131. The first-order chi connectivity index (χ1) is 15.8. The van der Waals surface area contributed by atoms with Crippen LogP contribution >= 0.6 is 12.2 Å². The first-order valence-electron chi connectivity index (χ1n) is 9.34. The number of hydrogen-bond donors (Lipinski definition) is 2. The number of alkyl halides is 3. The number of halogens is 3.